The Balaban J connectivity index is 1.42. The minimum absolute atomic E-state index is 0.236. The van der Waals surface area contributed by atoms with E-state index in [0.717, 1.165) is 89.9 Å². The lowest BCUT2D eigenvalue weighted by Gasteiger charge is -2.48. The van der Waals surface area contributed by atoms with Gasteiger partial charge in [-0.2, -0.15) is 0 Å². The fourth-order valence-electron chi connectivity index (χ4n) is 12.1. The summed E-state index contributed by atoms with van der Waals surface area (Å²) in [4.78, 5) is 13.4. The molecule has 3 fully saturated rings. The van der Waals surface area contributed by atoms with Gasteiger partial charge in [0.05, 0.1) is 38.6 Å². The highest BCUT2D eigenvalue weighted by molar-refractivity contribution is 5.76. The highest BCUT2D eigenvalue weighted by atomic mass is 16.8. The molecule has 0 bridgehead atoms. The summed E-state index contributed by atoms with van der Waals surface area (Å²) >= 11 is 0. The van der Waals surface area contributed by atoms with Crippen LogP contribution in [-0.4, -0.2) is 193 Å². The van der Waals surface area contributed by atoms with Gasteiger partial charge in [-0.05, 0) is 64.2 Å². The zero-order valence-electron chi connectivity index (χ0n) is 57.2. The van der Waals surface area contributed by atoms with E-state index >= 15 is 0 Å². The average Bonchev–Trinajstić information content (AvgIpc) is 0.902. The number of ether oxygens (including phenoxy) is 6. The highest BCUT2D eigenvalue weighted by Crippen LogP contribution is 2.33. The number of rotatable bonds is 56. The third-order valence-corrected chi connectivity index (χ3v) is 18.0. The summed E-state index contributed by atoms with van der Waals surface area (Å²) in [6.07, 6.45) is 42.9. The van der Waals surface area contributed by atoms with Gasteiger partial charge < -0.3 is 89.9 Å². The number of amides is 1. The number of carbonyl (C=O) groups is 1. The quantitative estimate of drug-likeness (QED) is 0.0199. The van der Waals surface area contributed by atoms with Crippen LogP contribution >= 0.6 is 0 Å². The molecule has 0 aliphatic carbocycles. The van der Waals surface area contributed by atoms with Crippen LogP contribution in [-0.2, 0) is 33.2 Å². The Labute approximate surface area is 559 Å². The number of aliphatic hydroxyl groups is 11. The SMILES string of the molecule is CC/C=C\C/C=C\C/C=C\C/C=C\C/C=C\CCCCCCCCCCCCCC(=O)NC(COC1OC(CO)C(OC2OC(CO)C(OC3OC(CO)C(O)C(O)C3O)C(O)C2O)C(O)C1O)C(O)/C=C/CCCCCCCCCCCCCCCCCCCCC. The molecule has 0 saturated carbocycles. The van der Waals surface area contributed by atoms with E-state index in [0.29, 0.717) is 6.42 Å². The van der Waals surface area contributed by atoms with E-state index in [4.69, 9.17) is 28.4 Å². The van der Waals surface area contributed by atoms with Crippen molar-refractivity contribution in [3.05, 3.63) is 72.9 Å². The number of carbonyl (C=O) groups excluding carboxylic acids is 1. The van der Waals surface area contributed by atoms with Gasteiger partial charge in [0.2, 0.25) is 5.91 Å². The van der Waals surface area contributed by atoms with Crippen LogP contribution in [0.15, 0.2) is 72.9 Å². The van der Waals surface area contributed by atoms with Gasteiger partial charge in [0, 0.05) is 6.42 Å². The van der Waals surface area contributed by atoms with Crippen LogP contribution in [0.2, 0.25) is 0 Å². The summed E-state index contributed by atoms with van der Waals surface area (Å²) in [5.41, 5.74) is 0. The normalized spacial score (nSPS) is 27.9. The second-order valence-corrected chi connectivity index (χ2v) is 26.0. The van der Waals surface area contributed by atoms with Crippen LogP contribution in [0, 0.1) is 0 Å². The van der Waals surface area contributed by atoms with Crippen LogP contribution in [0.25, 0.3) is 0 Å². The van der Waals surface area contributed by atoms with Gasteiger partial charge in [0.25, 0.3) is 0 Å². The number of unbranched alkanes of at least 4 members (excludes halogenated alkanes) is 30. The van der Waals surface area contributed by atoms with Crippen LogP contribution in [0.4, 0.5) is 0 Å². The van der Waals surface area contributed by atoms with Crippen molar-refractivity contribution in [2.75, 3.05) is 26.4 Å². The molecule has 0 aromatic rings. The number of hydrogen-bond donors (Lipinski definition) is 12. The Morgan fingerprint density at radius 1 is 0.398 bits per heavy atom. The van der Waals surface area contributed by atoms with Gasteiger partial charge >= 0.3 is 0 Å². The lowest BCUT2D eigenvalue weighted by atomic mass is 9.96. The molecule has 3 heterocycles. The minimum Gasteiger partial charge on any atom is -0.394 e. The molecule has 17 unspecified atom stereocenters. The number of aliphatic hydroxyl groups excluding tert-OH is 11. The molecule has 0 aromatic heterocycles. The second-order valence-electron chi connectivity index (χ2n) is 26.0. The van der Waals surface area contributed by atoms with Crippen molar-refractivity contribution in [2.45, 2.75) is 362 Å². The van der Waals surface area contributed by atoms with Crippen LogP contribution < -0.4 is 5.32 Å². The molecule has 3 rings (SSSR count). The molecular weight excluding hydrogens is 1190 g/mol. The first-order chi connectivity index (χ1) is 45.3. The van der Waals surface area contributed by atoms with E-state index in [-0.39, 0.29) is 18.9 Å². The Kier molecular flexibility index (Phi) is 50.1. The van der Waals surface area contributed by atoms with E-state index < -0.39 is 124 Å². The van der Waals surface area contributed by atoms with Crippen molar-refractivity contribution in [2.24, 2.45) is 0 Å². The molecule has 19 nitrogen and oxygen atoms in total. The van der Waals surface area contributed by atoms with E-state index in [1.54, 1.807) is 6.08 Å². The van der Waals surface area contributed by atoms with Crippen molar-refractivity contribution in [3.8, 4) is 0 Å². The zero-order chi connectivity index (χ0) is 67.5. The van der Waals surface area contributed by atoms with Gasteiger partial charge in [-0.25, -0.2) is 0 Å². The van der Waals surface area contributed by atoms with Crippen molar-refractivity contribution in [1.82, 2.24) is 5.32 Å². The van der Waals surface area contributed by atoms with E-state index in [1.807, 2.05) is 6.08 Å². The molecule has 0 radical (unpaired) electrons. The maximum absolute atomic E-state index is 13.4. The first kappa shape index (κ1) is 84.5. The summed E-state index contributed by atoms with van der Waals surface area (Å²) in [7, 11) is 0. The molecule has 17 atom stereocenters. The van der Waals surface area contributed by atoms with Crippen molar-refractivity contribution < 1.29 is 89.4 Å². The Morgan fingerprint density at radius 3 is 1.16 bits per heavy atom. The summed E-state index contributed by atoms with van der Waals surface area (Å²) < 4.78 is 34.4. The smallest absolute Gasteiger partial charge is 0.220 e. The van der Waals surface area contributed by atoms with Crippen LogP contribution in [0.5, 0.6) is 0 Å². The lowest BCUT2D eigenvalue weighted by Crippen LogP contribution is -2.66. The van der Waals surface area contributed by atoms with Gasteiger partial charge in [0.1, 0.15) is 73.2 Å². The van der Waals surface area contributed by atoms with E-state index in [1.165, 1.54) is 141 Å². The summed E-state index contributed by atoms with van der Waals surface area (Å²) in [5, 5.41) is 121. The zero-order valence-corrected chi connectivity index (χ0v) is 57.2. The standard InChI is InChI=1S/C74H131NO18/c1-3-5-7-9-11-13-15-17-19-21-23-25-26-27-28-29-30-32-34-36-38-40-42-44-46-48-50-52-62(80)75-57(58(79)51-49-47-45-43-41-39-37-35-33-31-24-22-20-18-16-14-12-10-8-6-4-2)56-88-72-68(86)65(83)70(60(54-77)90-72)93-74-69(87)66(84)71(61(55-78)91-74)92-73-67(85)64(82)63(81)59(53-76)89-73/h5,7,11,13,17,19,23,25,27-28,49,51,57-61,63-74,76-79,81-87H,3-4,6,8-10,12,14-16,18,20-22,24,26,29-48,50,52-56H2,1-2H3,(H,75,80)/b7-5-,13-11-,19-17-,25-23-,28-27-,51-49+. The topological polar surface area (TPSA) is 307 Å². The molecule has 12 N–H and O–H groups in total. The largest absolute Gasteiger partial charge is 0.394 e. The first-order valence-corrected chi connectivity index (χ1v) is 36.7. The lowest BCUT2D eigenvalue weighted by molar-refractivity contribution is -0.379. The first-order valence-electron chi connectivity index (χ1n) is 36.7. The number of nitrogens with one attached hydrogen (secondary N) is 1. The summed E-state index contributed by atoms with van der Waals surface area (Å²) in [6.45, 7) is 1.64. The summed E-state index contributed by atoms with van der Waals surface area (Å²) in [5.74, 6) is -0.279. The third kappa shape index (κ3) is 36.6. The van der Waals surface area contributed by atoms with Gasteiger partial charge in [0.15, 0.2) is 18.9 Å². The van der Waals surface area contributed by atoms with Crippen molar-refractivity contribution >= 4 is 5.91 Å². The molecule has 3 aliphatic heterocycles. The highest BCUT2D eigenvalue weighted by Gasteiger charge is 2.53. The van der Waals surface area contributed by atoms with Crippen molar-refractivity contribution in [3.63, 3.8) is 0 Å². The Hall–Kier alpha value is -2.77. The monoisotopic (exact) mass is 1320 g/mol. The molecule has 0 spiro atoms. The molecule has 19 heteroatoms. The van der Waals surface area contributed by atoms with E-state index in [2.05, 4.69) is 79.9 Å². The third-order valence-electron chi connectivity index (χ3n) is 18.0. The maximum atomic E-state index is 13.4. The van der Waals surface area contributed by atoms with Crippen molar-refractivity contribution in [1.29, 1.82) is 0 Å². The Bertz CT molecular complexity index is 1970. The molecule has 3 saturated heterocycles. The molecule has 1 amide bonds. The minimum atomic E-state index is -1.98. The molecular formula is C74H131NO18. The maximum Gasteiger partial charge on any atom is 0.220 e. The molecule has 0 aromatic carbocycles. The number of hydrogen-bond acceptors (Lipinski definition) is 18. The fourth-order valence-corrected chi connectivity index (χ4v) is 12.1. The Morgan fingerprint density at radius 2 is 0.742 bits per heavy atom. The van der Waals surface area contributed by atoms with Crippen LogP contribution in [0.3, 0.4) is 0 Å². The average molecular weight is 1320 g/mol. The van der Waals surface area contributed by atoms with Gasteiger partial charge in [-0.3, -0.25) is 4.79 Å². The predicted molar refractivity (Wildman–Crippen MR) is 365 cm³/mol. The molecule has 540 valence electrons. The molecule has 3 aliphatic rings. The van der Waals surface area contributed by atoms with Crippen LogP contribution in [0.1, 0.15) is 258 Å². The number of allylic oxidation sites excluding steroid dienone is 11. The second kappa shape index (κ2) is 55.1. The molecule has 93 heavy (non-hydrogen) atoms. The van der Waals surface area contributed by atoms with Gasteiger partial charge in [-0.1, -0.05) is 260 Å². The van der Waals surface area contributed by atoms with Gasteiger partial charge in [-0.15, -0.1) is 0 Å². The predicted octanol–water partition coefficient (Wildman–Crippen LogP) is 10.5. The fraction of sp³-hybridized carbons (Fsp3) is 0.824. The van der Waals surface area contributed by atoms with E-state index in [9.17, 15) is 61.0 Å². The summed E-state index contributed by atoms with van der Waals surface area (Å²) in [6, 6.07) is -0.979.